The molecule has 0 spiro atoms. The zero-order valence-electron chi connectivity index (χ0n) is 17.1. The fourth-order valence-electron chi connectivity index (χ4n) is 3.26. The van der Waals surface area contributed by atoms with Crippen molar-refractivity contribution >= 4 is 23.6 Å². The van der Waals surface area contributed by atoms with E-state index in [2.05, 4.69) is 41.0 Å². The van der Waals surface area contributed by atoms with Gasteiger partial charge in [-0.25, -0.2) is 5.48 Å². The molecule has 0 saturated carbocycles. The number of benzene rings is 2. The van der Waals surface area contributed by atoms with Crippen molar-refractivity contribution in [2.45, 2.75) is 49.2 Å². The molecule has 1 unspecified atom stereocenters. The summed E-state index contributed by atoms with van der Waals surface area (Å²) in [6.07, 6.45) is 0.639. The average molecular weight is 430 g/mol. The Labute approximate surface area is 180 Å². The minimum absolute atomic E-state index is 0.267. The van der Waals surface area contributed by atoms with Crippen molar-refractivity contribution in [1.29, 1.82) is 0 Å². The zero-order valence-corrected chi connectivity index (χ0v) is 17.9. The third kappa shape index (κ3) is 5.82. The highest BCUT2D eigenvalue weighted by Crippen LogP contribution is 2.37. The summed E-state index contributed by atoms with van der Waals surface area (Å²) in [7, 11) is 1.39. The van der Waals surface area contributed by atoms with Gasteiger partial charge in [-0.1, -0.05) is 36.4 Å². The third-order valence-corrected chi connectivity index (χ3v) is 6.36. The second-order valence-corrected chi connectivity index (χ2v) is 8.52. The van der Waals surface area contributed by atoms with Crippen LogP contribution in [-0.2, 0) is 40.4 Å². The summed E-state index contributed by atoms with van der Waals surface area (Å²) < 4.78 is 4.71. The zero-order chi connectivity index (χ0) is 21.5. The first-order valence-corrected chi connectivity index (χ1v) is 10.7. The Bertz CT molecular complexity index is 888. The molecule has 0 aromatic heterocycles. The van der Waals surface area contributed by atoms with E-state index >= 15 is 0 Å². The molecule has 160 valence electrons. The number of esters is 1. The lowest BCUT2D eigenvalue weighted by Gasteiger charge is -2.12. The number of methoxy groups -OCH3 is 1. The standard InChI is InChI=1S/C22H27N3O4S/c1-14(22(27)29-2)24-13-16-5-3-15(4-6-16)11-23-12-17-7-8-18-10-20(21(26)25-28)30-19(18)9-17/h3-9,14,20,23-24,28H,10-13H2,1-2H3,(H,25,26)/t14-,20?/m0/s1. The smallest absolute Gasteiger partial charge is 0.322 e. The van der Waals surface area contributed by atoms with Crippen LogP contribution in [0.25, 0.3) is 0 Å². The predicted molar refractivity (Wildman–Crippen MR) is 115 cm³/mol. The number of nitrogens with one attached hydrogen (secondary N) is 3. The van der Waals surface area contributed by atoms with Crippen molar-refractivity contribution in [3.63, 3.8) is 0 Å². The van der Waals surface area contributed by atoms with Crippen LogP contribution in [0.4, 0.5) is 0 Å². The van der Waals surface area contributed by atoms with Gasteiger partial charge in [0, 0.05) is 24.5 Å². The second kappa shape index (κ2) is 10.6. The van der Waals surface area contributed by atoms with Gasteiger partial charge in [-0.05, 0) is 41.7 Å². The molecule has 2 aromatic carbocycles. The lowest BCUT2D eigenvalue weighted by atomic mass is 10.1. The number of fused-ring (bicyclic) bond motifs is 1. The van der Waals surface area contributed by atoms with Gasteiger partial charge in [-0.3, -0.25) is 14.8 Å². The highest BCUT2D eigenvalue weighted by Gasteiger charge is 2.28. The molecule has 0 fully saturated rings. The fraction of sp³-hybridized carbons (Fsp3) is 0.364. The van der Waals surface area contributed by atoms with Crippen molar-refractivity contribution in [2.24, 2.45) is 0 Å². The number of amides is 1. The van der Waals surface area contributed by atoms with E-state index in [1.165, 1.54) is 24.4 Å². The molecule has 8 heteroatoms. The third-order valence-electron chi connectivity index (χ3n) is 5.06. The normalized spacial score (nSPS) is 16.0. The van der Waals surface area contributed by atoms with Gasteiger partial charge in [-0.15, -0.1) is 11.8 Å². The van der Waals surface area contributed by atoms with Crippen LogP contribution >= 0.6 is 11.8 Å². The molecule has 3 rings (SSSR count). The van der Waals surface area contributed by atoms with Gasteiger partial charge >= 0.3 is 5.97 Å². The van der Waals surface area contributed by atoms with E-state index in [4.69, 9.17) is 9.94 Å². The lowest BCUT2D eigenvalue weighted by molar-refractivity contribution is -0.142. The maximum atomic E-state index is 11.6. The van der Waals surface area contributed by atoms with E-state index in [-0.39, 0.29) is 23.2 Å². The summed E-state index contributed by atoms with van der Waals surface area (Å²) in [6.45, 7) is 3.85. The van der Waals surface area contributed by atoms with E-state index in [1.54, 1.807) is 12.4 Å². The largest absolute Gasteiger partial charge is 0.468 e. The molecule has 2 atom stereocenters. The second-order valence-electron chi connectivity index (χ2n) is 7.27. The van der Waals surface area contributed by atoms with E-state index < -0.39 is 0 Å². The van der Waals surface area contributed by atoms with Crippen LogP contribution in [0.2, 0.25) is 0 Å². The first-order valence-electron chi connectivity index (χ1n) is 9.82. The van der Waals surface area contributed by atoms with E-state index in [0.717, 1.165) is 34.7 Å². The maximum Gasteiger partial charge on any atom is 0.322 e. The number of hydrogen-bond donors (Lipinski definition) is 4. The molecule has 0 saturated heterocycles. The van der Waals surface area contributed by atoms with Crippen molar-refractivity contribution < 1.29 is 19.5 Å². The number of hydroxylamine groups is 1. The van der Waals surface area contributed by atoms with Gasteiger partial charge < -0.3 is 15.4 Å². The van der Waals surface area contributed by atoms with E-state index in [0.29, 0.717) is 13.0 Å². The predicted octanol–water partition coefficient (Wildman–Crippen LogP) is 2.15. The Kier molecular flexibility index (Phi) is 7.87. The van der Waals surface area contributed by atoms with Crippen molar-refractivity contribution in [2.75, 3.05) is 7.11 Å². The number of hydrogen-bond acceptors (Lipinski definition) is 7. The number of thioether (sulfide) groups is 1. The fourth-order valence-corrected chi connectivity index (χ4v) is 4.51. The average Bonchev–Trinajstić information content (AvgIpc) is 3.20. The first kappa shape index (κ1) is 22.3. The molecule has 1 amide bonds. The molecule has 1 aliphatic heterocycles. The molecular weight excluding hydrogens is 402 g/mol. The van der Waals surface area contributed by atoms with E-state index in [1.807, 2.05) is 12.1 Å². The number of rotatable bonds is 9. The first-order chi connectivity index (χ1) is 14.5. The molecule has 2 aromatic rings. The maximum absolute atomic E-state index is 11.6. The van der Waals surface area contributed by atoms with Crippen molar-refractivity contribution in [1.82, 2.24) is 16.1 Å². The van der Waals surface area contributed by atoms with Gasteiger partial charge in [-0.2, -0.15) is 0 Å². The summed E-state index contributed by atoms with van der Waals surface area (Å²) in [5.41, 5.74) is 6.31. The molecule has 1 aliphatic rings. The summed E-state index contributed by atoms with van der Waals surface area (Å²) >= 11 is 1.49. The van der Waals surface area contributed by atoms with Crippen molar-refractivity contribution in [3.8, 4) is 0 Å². The van der Waals surface area contributed by atoms with Crippen LogP contribution in [0, 0.1) is 0 Å². The lowest BCUT2D eigenvalue weighted by Crippen LogP contribution is -2.34. The number of carbonyl (C=O) groups is 2. The SMILES string of the molecule is COC(=O)[C@H](C)NCc1ccc(CNCc2ccc3c(c2)SC(C(=O)NO)C3)cc1. The molecule has 7 nitrogen and oxygen atoms in total. The van der Waals surface area contributed by atoms with E-state index in [9.17, 15) is 9.59 Å². The monoisotopic (exact) mass is 429 g/mol. The summed E-state index contributed by atoms with van der Waals surface area (Å²) in [4.78, 5) is 24.1. The molecule has 30 heavy (non-hydrogen) atoms. The Balaban J connectivity index is 1.45. The van der Waals surface area contributed by atoms with Crippen LogP contribution in [0.15, 0.2) is 47.4 Å². The Morgan fingerprint density at radius 1 is 1.10 bits per heavy atom. The minimum atomic E-state index is -0.353. The number of ether oxygens (including phenoxy) is 1. The molecule has 0 aliphatic carbocycles. The topological polar surface area (TPSA) is 99.7 Å². The molecule has 1 heterocycles. The molecular formula is C22H27N3O4S. The number of carbonyl (C=O) groups excluding carboxylic acids is 2. The van der Waals surface area contributed by atoms with Crippen LogP contribution < -0.4 is 16.1 Å². The summed E-state index contributed by atoms with van der Waals surface area (Å²) in [5.74, 6) is -0.623. The summed E-state index contributed by atoms with van der Waals surface area (Å²) in [6, 6.07) is 14.1. The highest BCUT2D eigenvalue weighted by atomic mass is 32.2. The molecule has 4 N–H and O–H groups in total. The van der Waals surface area contributed by atoms with Gasteiger partial charge in [0.05, 0.1) is 12.4 Å². The Morgan fingerprint density at radius 2 is 1.73 bits per heavy atom. The van der Waals surface area contributed by atoms with Crippen LogP contribution in [0.3, 0.4) is 0 Å². The van der Waals surface area contributed by atoms with Crippen molar-refractivity contribution in [3.05, 3.63) is 64.7 Å². The van der Waals surface area contributed by atoms with Gasteiger partial charge in [0.2, 0.25) is 0 Å². The van der Waals surface area contributed by atoms with Gasteiger partial charge in [0.15, 0.2) is 0 Å². The quantitative estimate of drug-likeness (QED) is 0.275. The van der Waals surface area contributed by atoms with Gasteiger partial charge in [0.1, 0.15) is 6.04 Å². The Morgan fingerprint density at radius 3 is 2.40 bits per heavy atom. The summed E-state index contributed by atoms with van der Waals surface area (Å²) in [5, 5.41) is 15.1. The molecule has 0 bridgehead atoms. The van der Waals surface area contributed by atoms with Crippen LogP contribution in [0.1, 0.15) is 29.2 Å². The van der Waals surface area contributed by atoms with Crippen LogP contribution in [0.5, 0.6) is 0 Å². The van der Waals surface area contributed by atoms with Gasteiger partial charge in [0.25, 0.3) is 5.91 Å². The highest BCUT2D eigenvalue weighted by molar-refractivity contribution is 8.01. The minimum Gasteiger partial charge on any atom is -0.468 e. The van der Waals surface area contributed by atoms with Crippen LogP contribution in [-0.4, -0.2) is 35.5 Å². The Hall–Kier alpha value is -2.39. The molecule has 0 radical (unpaired) electrons.